The van der Waals surface area contributed by atoms with E-state index in [1.165, 1.54) is 19.4 Å². The van der Waals surface area contributed by atoms with E-state index >= 15 is 0 Å². The summed E-state index contributed by atoms with van der Waals surface area (Å²) in [5.74, 6) is 0. The molecule has 12 heavy (non-hydrogen) atoms. The molecule has 1 rings (SSSR count). The lowest BCUT2D eigenvalue weighted by molar-refractivity contribution is 0.116. The van der Waals surface area contributed by atoms with Gasteiger partial charge in [-0.2, -0.15) is 5.53 Å². The first-order chi connectivity index (χ1) is 5.93. The van der Waals surface area contributed by atoms with Crippen LogP contribution in [-0.2, 0) is 0 Å². The zero-order valence-corrected chi connectivity index (χ0v) is 7.90. The molecular weight excluding hydrogens is 152 g/mol. The quantitative estimate of drug-likeness (QED) is 0.498. The molecule has 0 bridgehead atoms. The van der Waals surface area contributed by atoms with E-state index in [9.17, 15) is 0 Å². The van der Waals surface area contributed by atoms with Crippen molar-refractivity contribution in [2.24, 2.45) is 0 Å². The largest absolute Gasteiger partial charge is 0.317 e. The van der Waals surface area contributed by atoms with Crippen molar-refractivity contribution in [1.29, 1.82) is 0 Å². The van der Waals surface area contributed by atoms with Gasteiger partial charge in [-0.3, -0.25) is 0 Å². The predicted molar refractivity (Wildman–Crippen MR) is 50.5 cm³/mol. The van der Waals surface area contributed by atoms with Crippen molar-refractivity contribution in [2.45, 2.75) is 19.8 Å². The van der Waals surface area contributed by atoms with Crippen LogP contribution in [0.3, 0.4) is 0 Å². The van der Waals surface area contributed by atoms with Crippen molar-refractivity contribution in [3.05, 3.63) is 0 Å². The number of hydrazine groups is 2. The van der Waals surface area contributed by atoms with Crippen LogP contribution in [0.2, 0.25) is 0 Å². The Morgan fingerprint density at radius 2 is 2.42 bits per heavy atom. The minimum atomic E-state index is 1.08. The van der Waals surface area contributed by atoms with E-state index in [2.05, 4.69) is 28.2 Å². The molecule has 4 nitrogen and oxygen atoms in total. The number of nitrogens with zero attached hydrogens (tertiary/aromatic N) is 1. The van der Waals surface area contributed by atoms with Gasteiger partial charge in [0.1, 0.15) is 0 Å². The van der Waals surface area contributed by atoms with E-state index < -0.39 is 0 Å². The van der Waals surface area contributed by atoms with E-state index in [0.29, 0.717) is 0 Å². The van der Waals surface area contributed by atoms with Crippen molar-refractivity contribution >= 4 is 0 Å². The summed E-state index contributed by atoms with van der Waals surface area (Å²) < 4.78 is 0. The number of hydrogen-bond acceptors (Lipinski definition) is 4. The lowest BCUT2D eigenvalue weighted by Gasteiger charge is -2.27. The summed E-state index contributed by atoms with van der Waals surface area (Å²) in [6.45, 7) is 7.71. The van der Waals surface area contributed by atoms with E-state index in [4.69, 9.17) is 0 Å². The molecule has 0 aromatic rings. The summed E-state index contributed by atoms with van der Waals surface area (Å²) in [7, 11) is 0. The average Bonchev–Trinajstić information content (AvgIpc) is 2.14. The van der Waals surface area contributed by atoms with E-state index in [-0.39, 0.29) is 0 Å². The fraction of sp³-hybridized carbons (Fsp3) is 1.00. The van der Waals surface area contributed by atoms with Crippen molar-refractivity contribution in [3.63, 3.8) is 0 Å². The molecule has 0 aromatic carbocycles. The number of nitrogens with one attached hydrogen (secondary N) is 3. The maximum absolute atomic E-state index is 3.31. The zero-order valence-electron chi connectivity index (χ0n) is 7.90. The standard InChI is InChI=1S/C8H20N4/c1-2-9-5-3-7-12-8-4-6-10-11-12/h9-11H,2-8H2,1H3. The van der Waals surface area contributed by atoms with Gasteiger partial charge in [0.25, 0.3) is 0 Å². The van der Waals surface area contributed by atoms with Gasteiger partial charge in [0.15, 0.2) is 0 Å². The Bertz CT molecular complexity index is 101. The Balaban J connectivity index is 1.91. The van der Waals surface area contributed by atoms with Crippen LogP contribution in [0.25, 0.3) is 0 Å². The molecule has 0 aromatic heterocycles. The molecule has 1 heterocycles. The fourth-order valence-corrected chi connectivity index (χ4v) is 1.32. The van der Waals surface area contributed by atoms with Gasteiger partial charge in [0.2, 0.25) is 0 Å². The molecule has 0 saturated carbocycles. The van der Waals surface area contributed by atoms with Crippen LogP contribution in [-0.4, -0.2) is 37.7 Å². The van der Waals surface area contributed by atoms with Gasteiger partial charge in [0.05, 0.1) is 0 Å². The highest BCUT2D eigenvalue weighted by Crippen LogP contribution is 1.92. The number of hydrogen-bond donors (Lipinski definition) is 3. The van der Waals surface area contributed by atoms with Gasteiger partial charge in [-0.25, -0.2) is 10.4 Å². The van der Waals surface area contributed by atoms with Crippen molar-refractivity contribution in [3.8, 4) is 0 Å². The minimum absolute atomic E-state index is 1.08. The summed E-state index contributed by atoms with van der Waals surface area (Å²) in [5.41, 5.74) is 6.28. The molecule has 1 aliphatic rings. The average molecular weight is 172 g/mol. The first kappa shape index (κ1) is 9.92. The maximum atomic E-state index is 3.31. The van der Waals surface area contributed by atoms with Gasteiger partial charge in [-0.1, -0.05) is 6.92 Å². The van der Waals surface area contributed by atoms with E-state index in [1.54, 1.807) is 0 Å². The maximum Gasteiger partial charge on any atom is 0.0156 e. The van der Waals surface area contributed by atoms with Crippen LogP contribution in [0.15, 0.2) is 0 Å². The predicted octanol–water partition coefficient (Wildman–Crippen LogP) is -0.299. The third-order valence-corrected chi connectivity index (χ3v) is 2.00. The summed E-state index contributed by atoms with van der Waals surface area (Å²) >= 11 is 0. The first-order valence-corrected chi connectivity index (χ1v) is 4.87. The van der Waals surface area contributed by atoms with Gasteiger partial charge < -0.3 is 5.32 Å². The SMILES string of the molecule is CCNCCCN1CCCNN1. The van der Waals surface area contributed by atoms with Crippen LogP contribution < -0.4 is 16.3 Å². The molecule has 0 aliphatic carbocycles. The summed E-state index contributed by atoms with van der Waals surface area (Å²) in [5, 5.41) is 5.55. The fourth-order valence-electron chi connectivity index (χ4n) is 1.32. The molecule has 0 radical (unpaired) electrons. The van der Waals surface area contributed by atoms with Gasteiger partial charge in [-0.05, 0) is 25.9 Å². The second-order valence-corrected chi connectivity index (χ2v) is 3.09. The minimum Gasteiger partial charge on any atom is -0.317 e. The zero-order chi connectivity index (χ0) is 8.65. The molecule has 0 spiro atoms. The van der Waals surface area contributed by atoms with Crippen LogP contribution in [0, 0.1) is 0 Å². The van der Waals surface area contributed by atoms with Crippen molar-refractivity contribution < 1.29 is 0 Å². The highest BCUT2D eigenvalue weighted by Gasteiger charge is 2.06. The second kappa shape index (κ2) is 6.37. The second-order valence-electron chi connectivity index (χ2n) is 3.09. The molecular formula is C8H20N4. The lowest BCUT2D eigenvalue weighted by atomic mass is 10.3. The van der Waals surface area contributed by atoms with E-state index in [0.717, 1.165) is 26.2 Å². The normalized spacial score (nSPS) is 19.8. The summed E-state index contributed by atoms with van der Waals surface area (Å²) in [6.07, 6.45) is 2.46. The molecule has 0 amide bonds. The molecule has 1 fully saturated rings. The topological polar surface area (TPSA) is 39.3 Å². The van der Waals surface area contributed by atoms with Crippen LogP contribution in [0.4, 0.5) is 0 Å². The Labute approximate surface area is 74.6 Å². The van der Waals surface area contributed by atoms with Gasteiger partial charge in [-0.15, -0.1) is 0 Å². The lowest BCUT2D eigenvalue weighted by Crippen LogP contribution is -2.53. The molecule has 1 aliphatic heterocycles. The summed E-state index contributed by atoms with van der Waals surface area (Å²) in [6, 6.07) is 0. The van der Waals surface area contributed by atoms with Crippen molar-refractivity contribution in [2.75, 3.05) is 32.7 Å². The van der Waals surface area contributed by atoms with Crippen LogP contribution in [0.1, 0.15) is 19.8 Å². The Morgan fingerprint density at radius 3 is 3.08 bits per heavy atom. The van der Waals surface area contributed by atoms with E-state index in [1.807, 2.05) is 0 Å². The highest BCUT2D eigenvalue weighted by molar-refractivity contribution is 4.58. The Morgan fingerprint density at radius 1 is 1.50 bits per heavy atom. The molecule has 3 N–H and O–H groups in total. The van der Waals surface area contributed by atoms with Crippen LogP contribution in [0.5, 0.6) is 0 Å². The molecule has 0 atom stereocenters. The number of rotatable bonds is 5. The summed E-state index contributed by atoms with van der Waals surface area (Å²) in [4.78, 5) is 0. The molecule has 72 valence electrons. The molecule has 1 saturated heterocycles. The van der Waals surface area contributed by atoms with Crippen molar-refractivity contribution in [1.82, 2.24) is 21.3 Å². The highest BCUT2D eigenvalue weighted by atomic mass is 15.7. The molecule has 0 unspecified atom stereocenters. The van der Waals surface area contributed by atoms with Crippen LogP contribution >= 0.6 is 0 Å². The Kier molecular flexibility index (Phi) is 5.27. The van der Waals surface area contributed by atoms with Gasteiger partial charge in [0, 0.05) is 19.6 Å². The smallest absolute Gasteiger partial charge is 0.0156 e. The third kappa shape index (κ3) is 4.01. The monoisotopic (exact) mass is 172 g/mol. The molecule has 4 heteroatoms. The third-order valence-electron chi connectivity index (χ3n) is 2.00. The van der Waals surface area contributed by atoms with Gasteiger partial charge >= 0.3 is 0 Å². The Hall–Kier alpha value is -0.160. The first-order valence-electron chi connectivity index (χ1n) is 4.87.